The van der Waals surface area contributed by atoms with Crippen LogP contribution in [0.1, 0.15) is 23.5 Å². The molecule has 1 aromatic carbocycles. The summed E-state index contributed by atoms with van der Waals surface area (Å²) in [6.07, 6.45) is 0. The molecule has 0 bridgehead atoms. The molecule has 9 heteroatoms. The molecule has 0 saturated heterocycles. The normalized spacial score (nSPS) is 10.7. The zero-order chi connectivity index (χ0) is 19.4. The first kappa shape index (κ1) is 19.1. The molecule has 27 heavy (non-hydrogen) atoms. The smallest absolute Gasteiger partial charge is 0.265 e. The number of anilines is 2. The number of thiophene rings is 1. The van der Waals surface area contributed by atoms with Crippen molar-refractivity contribution in [1.29, 1.82) is 0 Å². The number of hydrogen-bond donors (Lipinski definition) is 2. The van der Waals surface area contributed by atoms with E-state index in [0.29, 0.717) is 16.3 Å². The quantitative estimate of drug-likeness (QED) is 0.600. The SMILES string of the molecule is CCN(CC)c1nc2sc(C(=O)Nc3ccc(OCC(N)=O)cc3)cc2s1. The van der Waals surface area contributed by atoms with Gasteiger partial charge >= 0.3 is 0 Å². The van der Waals surface area contributed by atoms with Crippen molar-refractivity contribution in [1.82, 2.24) is 4.98 Å². The predicted molar refractivity (Wildman–Crippen MR) is 110 cm³/mol. The number of nitrogens with two attached hydrogens (primary N) is 1. The summed E-state index contributed by atoms with van der Waals surface area (Å²) < 4.78 is 6.21. The van der Waals surface area contributed by atoms with Crippen LogP contribution in [0, 0.1) is 0 Å². The Morgan fingerprint density at radius 3 is 2.48 bits per heavy atom. The van der Waals surface area contributed by atoms with E-state index in [9.17, 15) is 9.59 Å². The third-order valence-corrected chi connectivity index (χ3v) is 6.05. The largest absolute Gasteiger partial charge is 0.484 e. The van der Waals surface area contributed by atoms with Crippen LogP contribution in [0.4, 0.5) is 10.8 Å². The summed E-state index contributed by atoms with van der Waals surface area (Å²) in [6.45, 7) is 5.83. The van der Waals surface area contributed by atoms with Gasteiger partial charge in [0.2, 0.25) is 0 Å². The molecule has 0 aliphatic heterocycles. The first-order chi connectivity index (χ1) is 13.0. The van der Waals surface area contributed by atoms with Crippen LogP contribution in [0.15, 0.2) is 30.3 Å². The van der Waals surface area contributed by atoms with Gasteiger partial charge in [-0.05, 0) is 44.2 Å². The van der Waals surface area contributed by atoms with E-state index >= 15 is 0 Å². The number of thiazole rings is 1. The number of primary amides is 1. The fourth-order valence-electron chi connectivity index (χ4n) is 2.45. The lowest BCUT2D eigenvalue weighted by molar-refractivity contribution is -0.119. The molecular formula is C18H20N4O3S2. The van der Waals surface area contributed by atoms with Crippen molar-refractivity contribution in [2.24, 2.45) is 5.73 Å². The van der Waals surface area contributed by atoms with Crippen LogP contribution in [-0.4, -0.2) is 36.5 Å². The van der Waals surface area contributed by atoms with Crippen LogP contribution < -0.4 is 20.7 Å². The Hall–Kier alpha value is -2.65. The van der Waals surface area contributed by atoms with Gasteiger partial charge in [0.1, 0.15) is 10.6 Å². The van der Waals surface area contributed by atoms with Gasteiger partial charge in [0.05, 0.1) is 9.58 Å². The van der Waals surface area contributed by atoms with Gasteiger partial charge in [0.25, 0.3) is 11.8 Å². The van der Waals surface area contributed by atoms with Crippen LogP contribution in [0.3, 0.4) is 0 Å². The molecule has 0 radical (unpaired) electrons. The molecule has 2 heterocycles. The first-order valence-electron chi connectivity index (χ1n) is 8.48. The number of benzene rings is 1. The lowest BCUT2D eigenvalue weighted by atomic mass is 10.3. The van der Waals surface area contributed by atoms with Gasteiger partial charge < -0.3 is 20.7 Å². The van der Waals surface area contributed by atoms with Crippen LogP contribution in [0.2, 0.25) is 0 Å². The monoisotopic (exact) mass is 404 g/mol. The number of fused-ring (bicyclic) bond motifs is 1. The van der Waals surface area contributed by atoms with Crippen molar-refractivity contribution in [2.75, 3.05) is 29.9 Å². The summed E-state index contributed by atoms with van der Waals surface area (Å²) in [7, 11) is 0. The number of nitrogens with zero attached hydrogens (tertiary/aromatic N) is 2. The zero-order valence-electron chi connectivity index (χ0n) is 15.0. The van der Waals surface area contributed by atoms with Gasteiger partial charge in [-0.15, -0.1) is 11.3 Å². The van der Waals surface area contributed by atoms with E-state index in [0.717, 1.165) is 27.8 Å². The number of ether oxygens (including phenoxy) is 1. The molecule has 0 fully saturated rings. The third-order valence-electron chi connectivity index (χ3n) is 3.83. The molecule has 7 nitrogen and oxygen atoms in total. The third kappa shape index (κ3) is 4.55. The lowest BCUT2D eigenvalue weighted by Gasteiger charge is -2.16. The molecule has 0 saturated carbocycles. The van der Waals surface area contributed by atoms with Gasteiger partial charge in [-0.2, -0.15) is 0 Å². The molecule has 3 N–H and O–H groups in total. The van der Waals surface area contributed by atoms with E-state index < -0.39 is 5.91 Å². The molecular weight excluding hydrogens is 384 g/mol. The number of nitrogens with one attached hydrogen (secondary N) is 1. The van der Waals surface area contributed by atoms with Gasteiger partial charge in [0, 0.05) is 18.8 Å². The molecule has 0 atom stereocenters. The van der Waals surface area contributed by atoms with Crippen LogP contribution in [0.25, 0.3) is 9.53 Å². The van der Waals surface area contributed by atoms with Crippen molar-refractivity contribution in [3.8, 4) is 5.75 Å². The molecule has 142 valence electrons. The average molecular weight is 405 g/mol. The van der Waals surface area contributed by atoms with Crippen molar-refractivity contribution in [2.45, 2.75) is 13.8 Å². The Bertz CT molecular complexity index is 914. The van der Waals surface area contributed by atoms with E-state index in [2.05, 4.69) is 29.0 Å². The maximum atomic E-state index is 12.5. The Balaban J connectivity index is 1.67. The summed E-state index contributed by atoms with van der Waals surface area (Å²) in [6, 6.07) is 8.64. The van der Waals surface area contributed by atoms with Crippen LogP contribution in [-0.2, 0) is 4.79 Å². The van der Waals surface area contributed by atoms with Gasteiger partial charge in [-0.3, -0.25) is 9.59 Å². The Labute approximate surface area is 164 Å². The van der Waals surface area contributed by atoms with Gasteiger partial charge in [-0.1, -0.05) is 11.3 Å². The second-order valence-electron chi connectivity index (χ2n) is 5.68. The molecule has 3 rings (SSSR count). The summed E-state index contributed by atoms with van der Waals surface area (Å²) >= 11 is 2.98. The minimum atomic E-state index is -0.539. The predicted octanol–water partition coefficient (Wildman–Crippen LogP) is 3.32. The Morgan fingerprint density at radius 1 is 1.19 bits per heavy atom. The number of aromatic nitrogens is 1. The summed E-state index contributed by atoms with van der Waals surface area (Å²) in [5.74, 6) is -0.209. The fraction of sp³-hybridized carbons (Fsp3) is 0.278. The molecule has 2 amide bonds. The molecule has 0 aliphatic rings. The van der Waals surface area contributed by atoms with Gasteiger partial charge in [0.15, 0.2) is 11.7 Å². The Morgan fingerprint density at radius 2 is 1.89 bits per heavy atom. The minimum absolute atomic E-state index is 0.180. The fourth-order valence-corrected chi connectivity index (χ4v) is 4.68. The van der Waals surface area contributed by atoms with E-state index in [1.165, 1.54) is 11.3 Å². The second kappa shape index (κ2) is 8.36. The van der Waals surface area contributed by atoms with E-state index in [-0.39, 0.29) is 12.5 Å². The first-order valence-corrected chi connectivity index (χ1v) is 10.1. The number of rotatable bonds is 8. The highest BCUT2D eigenvalue weighted by molar-refractivity contribution is 7.29. The maximum absolute atomic E-state index is 12.5. The molecule has 3 aromatic rings. The van der Waals surface area contributed by atoms with E-state index in [4.69, 9.17) is 10.5 Å². The standard InChI is InChI=1S/C18H20N4O3S2/c1-3-22(4-2)18-21-17-14(27-18)9-13(26-17)16(24)20-11-5-7-12(8-6-11)25-10-15(19)23/h5-9H,3-4,10H2,1-2H3,(H2,19,23)(H,20,24). The second-order valence-corrected chi connectivity index (χ2v) is 7.72. The highest BCUT2D eigenvalue weighted by atomic mass is 32.1. The van der Waals surface area contributed by atoms with Crippen molar-refractivity contribution in [3.63, 3.8) is 0 Å². The molecule has 0 unspecified atom stereocenters. The lowest BCUT2D eigenvalue weighted by Crippen LogP contribution is -2.21. The zero-order valence-corrected chi connectivity index (χ0v) is 16.7. The summed E-state index contributed by atoms with van der Waals surface area (Å²) in [4.78, 5) is 31.5. The molecule has 0 aliphatic carbocycles. The Kier molecular flexibility index (Phi) is 5.92. The molecule has 0 spiro atoms. The van der Waals surface area contributed by atoms with Crippen molar-refractivity contribution >= 4 is 54.8 Å². The minimum Gasteiger partial charge on any atom is -0.484 e. The van der Waals surface area contributed by atoms with Gasteiger partial charge in [-0.25, -0.2) is 4.98 Å². The number of carbonyl (C=O) groups excluding carboxylic acids is 2. The molecule has 2 aromatic heterocycles. The number of carbonyl (C=O) groups is 2. The summed E-state index contributed by atoms with van der Waals surface area (Å²) in [5.41, 5.74) is 5.68. The maximum Gasteiger partial charge on any atom is 0.265 e. The highest BCUT2D eigenvalue weighted by Gasteiger charge is 2.16. The number of hydrogen-bond acceptors (Lipinski definition) is 7. The number of amides is 2. The van der Waals surface area contributed by atoms with E-state index in [1.807, 2.05) is 6.07 Å². The highest BCUT2D eigenvalue weighted by Crippen LogP contribution is 2.34. The van der Waals surface area contributed by atoms with Crippen molar-refractivity contribution in [3.05, 3.63) is 35.2 Å². The summed E-state index contributed by atoms with van der Waals surface area (Å²) in [5, 5.41) is 3.84. The average Bonchev–Trinajstić information content (AvgIpc) is 3.21. The topological polar surface area (TPSA) is 97.6 Å². The van der Waals surface area contributed by atoms with Crippen molar-refractivity contribution < 1.29 is 14.3 Å². The van der Waals surface area contributed by atoms with E-state index in [1.54, 1.807) is 35.6 Å². The van der Waals surface area contributed by atoms with Crippen LogP contribution >= 0.6 is 22.7 Å². The van der Waals surface area contributed by atoms with Crippen LogP contribution in [0.5, 0.6) is 5.75 Å².